The maximum absolute atomic E-state index is 3.49. The molecule has 0 amide bonds. The first-order chi connectivity index (χ1) is 11.3. The summed E-state index contributed by atoms with van der Waals surface area (Å²) in [6, 6.07) is 14.2. The molecule has 140 valence electrons. The molecule has 1 aliphatic rings. The number of hydrogen-bond acceptors (Lipinski definition) is 2. The van der Waals surface area contributed by atoms with E-state index >= 15 is 0 Å². The van der Waals surface area contributed by atoms with Crippen LogP contribution < -0.4 is 5.32 Å². The van der Waals surface area contributed by atoms with Gasteiger partial charge in [0.15, 0.2) is 0 Å². The molecule has 1 aliphatic heterocycles. The predicted octanol–water partition coefficient (Wildman–Crippen LogP) is 5.52. The third kappa shape index (κ3) is 5.34. The number of halogens is 2. The SMILES string of the molecule is CCCCC[C@H](c1ccc(C)c2ccccc12)N1CCNCC1.Cl.Cl. The monoisotopic (exact) mass is 382 g/mol. The molecule has 0 bridgehead atoms. The normalized spacial score (nSPS) is 16.1. The zero-order chi connectivity index (χ0) is 16.1. The van der Waals surface area contributed by atoms with Gasteiger partial charge >= 0.3 is 0 Å². The van der Waals surface area contributed by atoms with Gasteiger partial charge in [-0.05, 0) is 35.2 Å². The average Bonchev–Trinajstić information content (AvgIpc) is 2.61. The molecular formula is C21H32Cl2N2. The van der Waals surface area contributed by atoms with E-state index in [1.165, 1.54) is 60.7 Å². The van der Waals surface area contributed by atoms with Crippen LogP contribution in [0.15, 0.2) is 36.4 Å². The Morgan fingerprint density at radius 1 is 0.960 bits per heavy atom. The fourth-order valence-corrected chi connectivity index (χ4v) is 3.88. The summed E-state index contributed by atoms with van der Waals surface area (Å²) >= 11 is 0. The maximum Gasteiger partial charge on any atom is 0.0355 e. The van der Waals surface area contributed by atoms with E-state index in [2.05, 4.69) is 60.5 Å². The molecule has 0 radical (unpaired) electrons. The molecule has 1 N–H and O–H groups in total. The van der Waals surface area contributed by atoms with Crippen molar-refractivity contribution in [1.82, 2.24) is 10.2 Å². The van der Waals surface area contributed by atoms with E-state index in [4.69, 9.17) is 0 Å². The van der Waals surface area contributed by atoms with E-state index in [1.54, 1.807) is 0 Å². The van der Waals surface area contributed by atoms with E-state index in [-0.39, 0.29) is 24.8 Å². The molecule has 0 aromatic heterocycles. The molecule has 1 fully saturated rings. The van der Waals surface area contributed by atoms with Gasteiger partial charge in [0.05, 0.1) is 0 Å². The molecule has 1 atom stereocenters. The van der Waals surface area contributed by atoms with Crippen molar-refractivity contribution in [3.8, 4) is 0 Å². The summed E-state index contributed by atoms with van der Waals surface area (Å²) in [6.45, 7) is 9.09. The van der Waals surface area contributed by atoms with E-state index in [9.17, 15) is 0 Å². The lowest BCUT2D eigenvalue weighted by atomic mass is 9.91. The molecular weight excluding hydrogens is 351 g/mol. The van der Waals surface area contributed by atoms with Crippen LogP contribution >= 0.6 is 24.8 Å². The standard InChI is InChI=1S/C21H30N2.2ClH/c1-3-4-5-10-21(23-15-13-22-14-16-23)20-12-11-17(2)18-8-6-7-9-19(18)20;;/h6-9,11-12,21-22H,3-5,10,13-16H2,1-2H3;2*1H/t21-;;/m1../s1. The summed E-state index contributed by atoms with van der Waals surface area (Å²) < 4.78 is 0. The topological polar surface area (TPSA) is 15.3 Å². The zero-order valence-corrected chi connectivity index (χ0v) is 17.1. The van der Waals surface area contributed by atoms with Crippen LogP contribution in [0, 0.1) is 6.92 Å². The molecule has 2 aromatic rings. The minimum atomic E-state index is 0. The second-order valence-electron chi connectivity index (χ2n) is 6.81. The minimum absolute atomic E-state index is 0. The maximum atomic E-state index is 3.49. The summed E-state index contributed by atoms with van der Waals surface area (Å²) in [4.78, 5) is 2.70. The number of fused-ring (bicyclic) bond motifs is 1. The Labute approximate surface area is 165 Å². The highest BCUT2D eigenvalue weighted by molar-refractivity contribution is 5.89. The second kappa shape index (κ2) is 11.0. The van der Waals surface area contributed by atoms with Gasteiger partial charge in [-0.25, -0.2) is 0 Å². The van der Waals surface area contributed by atoms with Crippen molar-refractivity contribution in [3.05, 3.63) is 47.5 Å². The summed E-state index contributed by atoms with van der Waals surface area (Å²) in [7, 11) is 0. The Balaban J connectivity index is 0.00000156. The molecule has 0 unspecified atom stereocenters. The highest BCUT2D eigenvalue weighted by Gasteiger charge is 2.23. The van der Waals surface area contributed by atoms with Gasteiger partial charge in [0.25, 0.3) is 0 Å². The first kappa shape index (κ1) is 22.2. The molecule has 25 heavy (non-hydrogen) atoms. The third-order valence-electron chi connectivity index (χ3n) is 5.21. The van der Waals surface area contributed by atoms with Crippen molar-refractivity contribution in [2.45, 2.75) is 45.6 Å². The van der Waals surface area contributed by atoms with Gasteiger partial charge in [-0.2, -0.15) is 0 Å². The third-order valence-corrected chi connectivity index (χ3v) is 5.21. The van der Waals surface area contributed by atoms with Gasteiger partial charge in [0.1, 0.15) is 0 Å². The van der Waals surface area contributed by atoms with Crippen molar-refractivity contribution >= 4 is 35.6 Å². The number of rotatable bonds is 6. The Hall–Kier alpha value is -0.800. The predicted molar refractivity (Wildman–Crippen MR) is 115 cm³/mol. The van der Waals surface area contributed by atoms with Gasteiger partial charge in [0, 0.05) is 32.2 Å². The Morgan fingerprint density at radius 3 is 2.32 bits per heavy atom. The number of benzene rings is 2. The van der Waals surface area contributed by atoms with Gasteiger partial charge in [0.2, 0.25) is 0 Å². The summed E-state index contributed by atoms with van der Waals surface area (Å²) in [5, 5.41) is 6.36. The molecule has 3 rings (SSSR count). The highest BCUT2D eigenvalue weighted by Crippen LogP contribution is 2.33. The van der Waals surface area contributed by atoms with Crippen LogP contribution in [0.1, 0.15) is 49.8 Å². The first-order valence-corrected chi connectivity index (χ1v) is 9.24. The van der Waals surface area contributed by atoms with Crippen molar-refractivity contribution in [1.29, 1.82) is 0 Å². The van der Waals surface area contributed by atoms with Crippen LogP contribution in [0.2, 0.25) is 0 Å². The van der Waals surface area contributed by atoms with Crippen LogP contribution in [-0.4, -0.2) is 31.1 Å². The fourth-order valence-electron chi connectivity index (χ4n) is 3.88. The summed E-state index contributed by atoms with van der Waals surface area (Å²) in [5.74, 6) is 0. The van der Waals surface area contributed by atoms with Crippen LogP contribution in [0.25, 0.3) is 10.8 Å². The van der Waals surface area contributed by atoms with Gasteiger partial charge in [-0.1, -0.05) is 62.6 Å². The fraction of sp³-hybridized carbons (Fsp3) is 0.524. The van der Waals surface area contributed by atoms with Crippen LogP contribution in [0.4, 0.5) is 0 Å². The molecule has 0 saturated carbocycles. The molecule has 0 spiro atoms. The first-order valence-electron chi connectivity index (χ1n) is 9.24. The summed E-state index contributed by atoms with van der Waals surface area (Å²) in [6.07, 6.45) is 5.24. The molecule has 1 heterocycles. The van der Waals surface area contributed by atoms with Crippen LogP contribution in [0.3, 0.4) is 0 Å². The van der Waals surface area contributed by atoms with Crippen molar-refractivity contribution < 1.29 is 0 Å². The number of nitrogens with zero attached hydrogens (tertiary/aromatic N) is 1. The highest BCUT2D eigenvalue weighted by atomic mass is 35.5. The Morgan fingerprint density at radius 2 is 1.64 bits per heavy atom. The Bertz CT molecular complexity index is 639. The summed E-state index contributed by atoms with van der Waals surface area (Å²) in [5.41, 5.74) is 2.92. The van der Waals surface area contributed by atoms with Gasteiger partial charge in [-0.3, -0.25) is 4.90 Å². The van der Waals surface area contributed by atoms with Crippen molar-refractivity contribution in [2.24, 2.45) is 0 Å². The molecule has 2 nitrogen and oxygen atoms in total. The van der Waals surface area contributed by atoms with Crippen LogP contribution in [-0.2, 0) is 0 Å². The number of unbranched alkanes of at least 4 members (excludes halogenated alkanes) is 2. The molecule has 1 saturated heterocycles. The number of piperazine rings is 1. The minimum Gasteiger partial charge on any atom is -0.314 e. The van der Waals surface area contributed by atoms with Crippen molar-refractivity contribution in [3.63, 3.8) is 0 Å². The second-order valence-corrected chi connectivity index (χ2v) is 6.81. The van der Waals surface area contributed by atoms with Crippen molar-refractivity contribution in [2.75, 3.05) is 26.2 Å². The van der Waals surface area contributed by atoms with E-state index < -0.39 is 0 Å². The van der Waals surface area contributed by atoms with Crippen LogP contribution in [0.5, 0.6) is 0 Å². The lowest BCUT2D eigenvalue weighted by Gasteiger charge is -2.36. The number of aryl methyl sites for hydroxylation is 1. The molecule has 0 aliphatic carbocycles. The quantitative estimate of drug-likeness (QED) is 0.661. The van der Waals surface area contributed by atoms with E-state index in [0.29, 0.717) is 6.04 Å². The molecule has 4 heteroatoms. The smallest absolute Gasteiger partial charge is 0.0355 e. The average molecular weight is 383 g/mol. The Kier molecular flexibility index (Phi) is 9.81. The van der Waals surface area contributed by atoms with Gasteiger partial charge < -0.3 is 5.32 Å². The number of hydrogen-bond donors (Lipinski definition) is 1. The van der Waals surface area contributed by atoms with Gasteiger partial charge in [-0.15, -0.1) is 24.8 Å². The lowest BCUT2D eigenvalue weighted by Crippen LogP contribution is -2.45. The van der Waals surface area contributed by atoms with E-state index in [0.717, 1.165) is 13.1 Å². The largest absolute Gasteiger partial charge is 0.314 e. The number of nitrogens with one attached hydrogen (secondary N) is 1. The van der Waals surface area contributed by atoms with E-state index in [1.807, 2.05) is 0 Å². The zero-order valence-electron chi connectivity index (χ0n) is 15.5. The molecule has 2 aromatic carbocycles. The lowest BCUT2D eigenvalue weighted by molar-refractivity contribution is 0.163.